The zero-order valence-corrected chi connectivity index (χ0v) is 15.6. The summed E-state index contributed by atoms with van der Waals surface area (Å²) in [6, 6.07) is 28.4. The molecular formula is C23H16ClN3O. The average molecular weight is 386 g/mol. The maximum absolute atomic E-state index is 12.8. The lowest BCUT2D eigenvalue weighted by atomic mass is 10.1. The lowest BCUT2D eigenvalue weighted by Gasteiger charge is -2.10. The van der Waals surface area contributed by atoms with Crippen molar-refractivity contribution < 1.29 is 4.79 Å². The number of hydrogen-bond acceptors (Lipinski definition) is 3. The summed E-state index contributed by atoms with van der Waals surface area (Å²) < 4.78 is 0. The van der Waals surface area contributed by atoms with Crippen LogP contribution in [0.15, 0.2) is 91.0 Å². The van der Waals surface area contributed by atoms with Crippen LogP contribution in [0, 0.1) is 0 Å². The predicted octanol–water partition coefficient (Wildman–Crippen LogP) is 5.72. The maximum atomic E-state index is 12.8. The zero-order chi connectivity index (χ0) is 19.3. The molecule has 1 N–H and O–H groups in total. The van der Waals surface area contributed by atoms with Crippen LogP contribution in [0.3, 0.4) is 0 Å². The highest BCUT2D eigenvalue weighted by Gasteiger charge is 2.15. The van der Waals surface area contributed by atoms with Gasteiger partial charge in [-0.25, -0.2) is 9.97 Å². The molecule has 0 radical (unpaired) electrons. The van der Waals surface area contributed by atoms with Crippen LogP contribution in [0.4, 0.5) is 5.69 Å². The quantitative estimate of drug-likeness (QED) is 0.489. The third kappa shape index (κ3) is 3.92. The molecule has 1 aromatic heterocycles. The number of hydrogen-bond donors (Lipinski definition) is 1. The molecule has 3 aromatic carbocycles. The van der Waals surface area contributed by atoms with Crippen molar-refractivity contribution in [1.29, 1.82) is 0 Å². The second-order valence-electron chi connectivity index (χ2n) is 6.13. The van der Waals surface area contributed by atoms with E-state index >= 15 is 0 Å². The second kappa shape index (κ2) is 8.03. The first kappa shape index (κ1) is 17.9. The number of amides is 1. The molecule has 0 aliphatic rings. The first-order valence-corrected chi connectivity index (χ1v) is 9.14. The molecule has 4 rings (SSSR count). The Labute approximate surface area is 167 Å². The number of benzene rings is 3. The number of aromatic nitrogens is 2. The Hall–Kier alpha value is -3.50. The van der Waals surface area contributed by atoms with E-state index in [4.69, 9.17) is 11.6 Å². The van der Waals surface area contributed by atoms with Crippen LogP contribution in [-0.2, 0) is 0 Å². The van der Waals surface area contributed by atoms with E-state index in [1.54, 1.807) is 24.3 Å². The summed E-state index contributed by atoms with van der Waals surface area (Å²) in [4.78, 5) is 21.8. The van der Waals surface area contributed by atoms with Gasteiger partial charge < -0.3 is 5.32 Å². The lowest BCUT2D eigenvalue weighted by Crippen LogP contribution is -2.16. The van der Waals surface area contributed by atoms with Crippen molar-refractivity contribution in [2.75, 3.05) is 5.32 Å². The van der Waals surface area contributed by atoms with Crippen LogP contribution in [-0.4, -0.2) is 15.9 Å². The van der Waals surface area contributed by atoms with Crippen LogP contribution in [0.1, 0.15) is 10.6 Å². The Bertz CT molecular complexity index is 1060. The summed E-state index contributed by atoms with van der Waals surface area (Å²) in [6.45, 7) is 0. The molecule has 0 aliphatic carbocycles. The minimum absolute atomic E-state index is 0.0834. The number of anilines is 1. The fourth-order valence-corrected chi connectivity index (χ4v) is 2.99. The summed E-state index contributed by atoms with van der Waals surface area (Å²) in [5.74, 6) is -0.330. The first-order valence-electron chi connectivity index (χ1n) is 8.76. The highest BCUT2D eigenvalue weighted by molar-refractivity contribution is 6.33. The SMILES string of the molecule is O=C(Nc1ccccc1Cl)c1nc(-c2ccccc2)cc(-c2ccccc2)n1. The zero-order valence-electron chi connectivity index (χ0n) is 14.8. The molecule has 0 spiro atoms. The summed E-state index contributed by atoms with van der Waals surface area (Å²) in [6.07, 6.45) is 0. The summed E-state index contributed by atoms with van der Waals surface area (Å²) in [7, 11) is 0. The van der Waals surface area contributed by atoms with E-state index in [0.717, 1.165) is 11.1 Å². The predicted molar refractivity (Wildman–Crippen MR) is 112 cm³/mol. The van der Waals surface area contributed by atoms with Gasteiger partial charge in [0.25, 0.3) is 5.91 Å². The number of rotatable bonds is 4. The monoisotopic (exact) mass is 385 g/mol. The molecule has 0 saturated heterocycles. The Morgan fingerprint density at radius 1 is 0.714 bits per heavy atom. The smallest absolute Gasteiger partial charge is 0.293 e. The Morgan fingerprint density at radius 3 is 1.75 bits per heavy atom. The van der Waals surface area contributed by atoms with E-state index in [0.29, 0.717) is 22.1 Å². The van der Waals surface area contributed by atoms with Crippen molar-refractivity contribution in [3.05, 3.63) is 102 Å². The van der Waals surface area contributed by atoms with Gasteiger partial charge in [-0.15, -0.1) is 0 Å². The van der Waals surface area contributed by atoms with Crippen LogP contribution in [0.2, 0.25) is 5.02 Å². The lowest BCUT2D eigenvalue weighted by molar-refractivity contribution is 0.101. The molecule has 5 heteroatoms. The number of halogens is 1. The highest BCUT2D eigenvalue weighted by atomic mass is 35.5. The van der Waals surface area contributed by atoms with Gasteiger partial charge in [0, 0.05) is 11.1 Å². The van der Waals surface area contributed by atoms with Gasteiger partial charge in [0.05, 0.1) is 22.1 Å². The first-order chi connectivity index (χ1) is 13.7. The maximum Gasteiger partial charge on any atom is 0.293 e. The Balaban J connectivity index is 1.78. The molecule has 0 atom stereocenters. The molecule has 1 heterocycles. The Kier molecular flexibility index (Phi) is 5.13. The van der Waals surface area contributed by atoms with Crippen molar-refractivity contribution in [3.63, 3.8) is 0 Å². The molecule has 0 aliphatic heterocycles. The van der Waals surface area contributed by atoms with E-state index in [2.05, 4.69) is 15.3 Å². The molecule has 4 nitrogen and oxygen atoms in total. The summed E-state index contributed by atoms with van der Waals surface area (Å²) in [5.41, 5.74) is 3.70. The fraction of sp³-hybridized carbons (Fsp3) is 0. The van der Waals surface area contributed by atoms with E-state index in [1.165, 1.54) is 0 Å². The number of carbonyl (C=O) groups excluding carboxylic acids is 1. The van der Waals surface area contributed by atoms with E-state index in [9.17, 15) is 4.79 Å². The van der Waals surface area contributed by atoms with Gasteiger partial charge in [-0.2, -0.15) is 0 Å². The van der Waals surface area contributed by atoms with Crippen LogP contribution in [0.5, 0.6) is 0 Å². The molecule has 0 bridgehead atoms. The normalized spacial score (nSPS) is 10.5. The molecule has 28 heavy (non-hydrogen) atoms. The Morgan fingerprint density at radius 2 is 1.21 bits per heavy atom. The van der Waals surface area contributed by atoms with E-state index in [1.807, 2.05) is 66.7 Å². The highest BCUT2D eigenvalue weighted by Crippen LogP contribution is 2.25. The fourth-order valence-electron chi connectivity index (χ4n) is 2.80. The number of carbonyl (C=O) groups is 1. The van der Waals surface area contributed by atoms with Crippen molar-refractivity contribution >= 4 is 23.2 Å². The van der Waals surface area contributed by atoms with Crippen LogP contribution in [0.25, 0.3) is 22.5 Å². The van der Waals surface area contributed by atoms with Gasteiger partial charge in [-0.3, -0.25) is 4.79 Å². The van der Waals surface area contributed by atoms with Crippen molar-refractivity contribution in [2.45, 2.75) is 0 Å². The number of nitrogens with one attached hydrogen (secondary N) is 1. The molecule has 0 saturated carbocycles. The average Bonchev–Trinajstić information content (AvgIpc) is 2.76. The van der Waals surface area contributed by atoms with Gasteiger partial charge in [-0.05, 0) is 18.2 Å². The van der Waals surface area contributed by atoms with Crippen LogP contribution < -0.4 is 5.32 Å². The van der Waals surface area contributed by atoms with Gasteiger partial charge in [0.2, 0.25) is 5.82 Å². The molecule has 0 fully saturated rings. The summed E-state index contributed by atoms with van der Waals surface area (Å²) in [5, 5.41) is 3.24. The minimum Gasteiger partial charge on any atom is -0.318 e. The molecule has 136 valence electrons. The molecule has 0 unspecified atom stereocenters. The molecule has 1 amide bonds. The van der Waals surface area contributed by atoms with Crippen LogP contribution >= 0.6 is 11.6 Å². The third-order valence-electron chi connectivity index (χ3n) is 4.19. The van der Waals surface area contributed by atoms with Crippen molar-refractivity contribution in [1.82, 2.24) is 9.97 Å². The molecular weight excluding hydrogens is 370 g/mol. The van der Waals surface area contributed by atoms with E-state index in [-0.39, 0.29) is 5.82 Å². The second-order valence-corrected chi connectivity index (χ2v) is 6.54. The van der Waals surface area contributed by atoms with Gasteiger partial charge in [-0.1, -0.05) is 84.4 Å². The van der Waals surface area contributed by atoms with Gasteiger partial charge in [0.15, 0.2) is 0 Å². The number of nitrogens with zero attached hydrogens (tertiary/aromatic N) is 2. The third-order valence-corrected chi connectivity index (χ3v) is 4.52. The minimum atomic E-state index is -0.414. The topological polar surface area (TPSA) is 54.9 Å². The van der Waals surface area contributed by atoms with Crippen molar-refractivity contribution in [2.24, 2.45) is 0 Å². The standard InChI is InChI=1S/C23H16ClN3O/c24-18-13-7-8-14-19(18)27-23(28)22-25-20(16-9-3-1-4-10-16)15-21(26-22)17-11-5-2-6-12-17/h1-15H,(H,27,28). The summed E-state index contributed by atoms with van der Waals surface area (Å²) >= 11 is 6.15. The van der Waals surface area contributed by atoms with Crippen molar-refractivity contribution in [3.8, 4) is 22.5 Å². The van der Waals surface area contributed by atoms with Gasteiger partial charge in [0.1, 0.15) is 0 Å². The van der Waals surface area contributed by atoms with Gasteiger partial charge >= 0.3 is 0 Å². The molecule has 4 aromatic rings. The van der Waals surface area contributed by atoms with E-state index < -0.39 is 5.91 Å². The number of para-hydroxylation sites is 1. The largest absolute Gasteiger partial charge is 0.318 e.